The number of fused-ring (bicyclic) bond motifs is 1. The lowest BCUT2D eigenvalue weighted by Gasteiger charge is -2.02. The number of anilines is 1. The Morgan fingerprint density at radius 3 is 2.55 bits per heavy atom. The third-order valence-corrected chi connectivity index (χ3v) is 3.20. The van der Waals surface area contributed by atoms with E-state index in [4.69, 9.17) is 12.2 Å². The molecule has 0 atom stereocenters. The zero-order valence-electron chi connectivity index (χ0n) is 11.3. The lowest BCUT2D eigenvalue weighted by Crippen LogP contribution is -2.04. The van der Waals surface area contributed by atoms with Crippen LogP contribution >= 0.6 is 12.2 Å². The minimum Gasteiger partial charge on any atom is -0.508 e. The van der Waals surface area contributed by atoms with Crippen LogP contribution in [0, 0.1) is 0 Å². The molecule has 0 aliphatic rings. The molecule has 0 saturated heterocycles. The second kappa shape index (κ2) is 5.82. The Hall–Kier alpha value is -2.93. The van der Waals surface area contributed by atoms with Crippen LogP contribution in [0.1, 0.15) is 0 Å². The van der Waals surface area contributed by atoms with E-state index in [0.29, 0.717) is 11.4 Å². The normalized spacial score (nSPS) is 11.1. The molecular weight excluding hydrogens is 300 g/mol. The maximum absolute atomic E-state index is 9.87. The number of azo groups is 1. The number of para-hydroxylation sites is 1. The number of hydrogen-bond acceptors (Lipinski definition) is 4. The molecule has 4 N–H and O–H groups in total. The largest absolute Gasteiger partial charge is 0.508 e. The summed E-state index contributed by atoms with van der Waals surface area (Å²) in [5.74, 6) is 0.110. The highest BCUT2D eigenvalue weighted by atomic mass is 32.1. The quantitative estimate of drug-likeness (QED) is 0.326. The number of thiocarbonyl (C=S) groups is 1. The van der Waals surface area contributed by atoms with Gasteiger partial charge in [0.05, 0.1) is 5.52 Å². The predicted octanol–water partition coefficient (Wildman–Crippen LogP) is 4.06. The Morgan fingerprint density at radius 1 is 1.05 bits per heavy atom. The number of aromatic hydroxyl groups is 2. The molecule has 0 aliphatic heterocycles. The highest BCUT2D eigenvalue weighted by Gasteiger charge is 2.09. The molecule has 7 heteroatoms. The van der Waals surface area contributed by atoms with Crippen LogP contribution < -0.4 is 5.32 Å². The van der Waals surface area contributed by atoms with Crippen molar-refractivity contribution in [2.75, 3.05) is 5.32 Å². The fourth-order valence-electron chi connectivity index (χ4n) is 2.00. The maximum Gasteiger partial charge on any atom is 0.218 e. The van der Waals surface area contributed by atoms with Crippen molar-refractivity contribution in [1.29, 1.82) is 0 Å². The van der Waals surface area contributed by atoms with Crippen molar-refractivity contribution in [2.24, 2.45) is 10.2 Å². The molecule has 0 amide bonds. The van der Waals surface area contributed by atoms with Crippen molar-refractivity contribution in [1.82, 2.24) is 4.98 Å². The molecule has 0 radical (unpaired) electrons. The Morgan fingerprint density at radius 2 is 1.77 bits per heavy atom. The highest BCUT2D eigenvalue weighted by molar-refractivity contribution is 7.80. The first-order valence-electron chi connectivity index (χ1n) is 6.45. The first kappa shape index (κ1) is 14.0. The van der Waals surface area contributed by atoms with Crippen molar-refractivity contribution in [2.45, 2.75) is 0 Å². The minimum atomic E-state index is -0.0580. The molecule has 3 aromatic rings. The number of phenols is 1. The lowest BCUT2D eigenvalue weighted by atomic mass is 10.2. The summed E-state index contributed by atoms with van der Waals surface area (Å²) < 4.78 is 0. The molecule has 0 bridgehead atoms. The molecule has 110 valence electrons. The number of nitrogens with zero attached hydrogens (tertiary/aromatic N) is 2. The van der Waals surface area contributed by atoms with E-state index in [2.05, 4.69) is 20.5 Å². The van der Waals surface area contributed by atoms with Crippen LogP contribution in [0.5, 0.6) is 11.6 Å². The summed E-state index contributed by atoms with van der Waals surface area (Å²) in [6, 6.07) is 13.8. The molecule has 0 saturated carbocycles. The summed E-state index contributed by atoms with van der Waals surface area (Å²) in [5.41, 5.74) is 1.79. The number of nitrogens with one attached hydrogen (secondary N) is 2. The second-order valence-electron chi connectivity index (χ2n) is 4.54. The summed E-state index contributed by atoms with van der Waals surface area (Å²) in [5, 5.41) is 30.8. The number of H-pyrrole nitrogens is 1. The van der Waals surface area contributed by atoms with Gasteiger partial charge in [0.15, 0.2) is 5.69 Å². The zero-order chi connectivity index (χ0) is 15.5. The van der Waals surface area contributed by atoms with Gasteiger partial charge in [0.25, 0.3) is 0 Å². The van der Waals surface area contributed by atoms with Crippen LogP contribution in [0.4, 0.5) is 11.4 Å². The fourth-order valence-corrected chi connectivity index (χ4v) is 2.16. The molecule has 0 spiro atoms. The van der Waals surface area contributed by atoms with Gasteiger partial charge in [0, 0.05) is 11.1 Å². The van der Waals surface area contributed by atoms with Crippen molar-refractivity contribution in [3.05, 3.63) is 48.5 Å². The minimum absolute atomic E-state index is 0.0580. The Kier molecular flexibility index (Phi) is 3.71. The van der Waals surface area contributed by atoms with E-state index >= 15 is 0 Å². The number of hydrogen-bond donors (Lipinski definition) is 4. The molecule has 6 nitrogen and oxygen atoms in total. The van der Waals surface area contributed by atoms with Gasteiger partial charge in [-0.1, -0.05) is 18.2 Å². The Bertz CT molecular complexity index is 856. The number of benzene rings is 2. The SMILES string of the molecule is Oc1ccc(NC(=S)N=Nc2c(O)[nH]c3ccccc23)cc1. The molecule has 1 heterocycles. The van der Waals surface area contributed by atoms with Crippen LogP contribution in [0.25, 0.3) is 10.9 Å². The van der Waals surface area contributed by atoms with Crippen molar-refractivity contribution < 1.29 is 10.2 Å². The van der Waals surface area contributed by atoms with E-state index < -0.39 is 0 Å². The number of aromatic nitrogens is 1. The van der Waals surface area contributed by atoms with E-state index in [0.717, 1.165) is 10.9 Å². The van der Waals surface area contributed by atoms with Crippen LogP contribution in [0.3, 0.4) is 0 Å². The van der Waals surface area contributed by atoms with Gasteiger partial charge in [-0.2, -0.15) is 0 Å². The van der Waals surface area contributed by atoms with E-state index in [9.17, 15) is 10.2 Å². The van der Waals surface area contributed by atoms with Crippen LogP contribution in [0.2, 0.25) is 0 Å². The summed E-state index contributed by atoms with van der Waals surface area (Å²) in [6.07, 6.45) is 0. The van der Waals surface area contributed by atoms with E-state index in [1.54, 1.807) is 12.1 Å². The van der Waals surface area contributed by atoms with E-state index in [-0.39, 0.29) is 16.7 Å². The van der Waals surface area contributed by atoms with Gasteiger partial charge >= 0.3 is 0 Å². The van der Waals surface area contributed by atoms with E-state index in [1.807, 2.05) is 24.3 Å². The van der Waals surface area contributed by atoms with Gasteiger partial charge < -0.3 is 20.5 Å². The zero-order valence-corrected chi connectivity index (χ0v) is 12.1. The number of phenolic OH excluding ortho intramolecular Hbond substituents is 1. The van der Waals surface area contributed by atoms with Gasteiger partial charge in [0.1, 0.15) is 5.75 Å². The summed E-state index contributed by atoms with van der Waals surface area (Å²) >= 11 is 5.08. The smallest absolute Gasteiger partial charge is 0.218 e. The van der Waals surface area contributed by atoms with E-state index in [1.165, 1.54) is 12.1 Å². The topological polar surface area (TPSA) is 93.0 Å². The van der Waals surface area contributed by atoms with Crippen molar-refractivity contribution >= 4 is 39.6 Å². The highest BCUT2D eigenvalue weighted by Crippen LogP contribution is 2.35. The van der Waals surface area contributed by atoms with Crippen molar-refractivity contribution in [3.63, 3.8) is 0 Å². The van der Waals surface area contributed by atoms with Crippen LogP contribution in [-0.2, 0) is 0 Å². The molecule has 22 heavy (non-hydrogen) atoms. The maximum atomic E-state index is 9.87. The molecule has 1 aromatic heterocycles. The van der Waals surface area contributed by atoms with Gasteiger partial charge in [-0.15, -0.1) is 10.2 Å². The predicted molar refractivity (Wildman–Crippen MR) is 88.8 cm³/mol. The first-order chi connectivity index (χ1) is 10.6. The summed E-state index contributed by atoms with van der Waals surface area (Å²) in [7, 11) is 0. The number of aromatic amines is 1. The summed E-state index contributed by atoms with van der Waals surface area (Å²) in [6.45, 7) is 0. The van der Waals surface area contributed by atoms with Crippen molar-refractivity contribution in [3.8, 4) is 11.6 Å². The third-order valence-electron chi connectivity index (χ3n) is 3.02. The number of rotatable bonds is 2. The van der Waals surface area contributed by atoms with Gasteiger partial charge in [-0.05, 0) is 42.5 Å². The molecule has 3 rings (SSSR count). The lowest BCUT2D eigenvalue weighted by molar-refractivity contribution is 0.459. The van der Waals surface area contributed by atoms with Crippen LogP contribution in [0.15, 0.2) is 58.8 Å². The Balaban J connectivity index is 1.79. The standard InChI is InChI=1S/C15H12N4O2S/c20-10-7-5-9(6-8-10)16-15(22)19-18-13-11-3-1-2-4-12(11)17-14(13)21/h1-8,17,20-21H,(H,16,22). The summed E-state index contributed by atoms with van der Waals surface area (Å²) in [4.78, 5) is 2.82. The molecule has 2 aromatic carbocycles. The third kappa shape index (κ3) is 2.89. The monoisotopic (exact) mass is 312 g/mol. The Labute approximate surface area is 131 Å². The molecule has 0 fully saturated rings. The average molecular weight is 312 g/mol. The second-order valence-corrected chi connectivity index (χ2v) is 4.93. The molecule has 0 aliphatic carbocycles. The van der Waals surface area contributed by atoms with Crippen LogP contribution in [-0.4, -0.2) is 20.3 Å². The molecule has 0 unspecified atom stereocenters. The van der Waals surface area contributed by atoms with Gasteiger partial charge in [-0.25, -0.2) is 0 Å². The first-order valence-corrected chi connectivity index (χ1v) is 6.86. The van der Waals surface area contributed by atoms with Gasteiger partial charge in [0.2, 0.25) is 11.0 Å². The fraction of sp³-hybridized carbons (Fsp3) is 0. The average Bonchev–Trinajstić information content (AvgIpc) is 2.83. The molecular formula is C15H12N4O2S. The van der Waals surface area contributed by atoms with Gasteiger partial charge in [-0.3, -0.25) is 0 Å².